The van der Waals surface area contributed by atoms with Crippen LogP contribution in [-0.4, -0.2) is 44.0 Å². The maximum Gasteiger partial charge on any atom is 0.328 e. The molecule has 0 radical (unpaired) electrons. The van der Waals surface area contributed by atoms with E-state index in [0.29, 0.717) is 48.6 Å². The predicted octanol–water partition coefficient (Wildman–Crippen LogP) is 7.09. The number of hydrogen-bond acceptors (Lipinski definition) is 6. The second-order valence-corrected chi connectivity index (χ2v) is 10.6. The summed E-state index contributed by atoms with van der Waals surface area (Å²) >= 11 is 0. The standard InChI is InChI=1S/C38H36N2O5/c1-3-36(41)40(35-19-11-15-28-12-7-8-16-31(28)35)24-25-45-30-22-20-27(21-23-30)26-34(38(43)44-2)39-33-18-10-9-17-32(33)37(42)29-13-5-4-6-14-29/h4-23,34,39H,3,24-26H2,1-2H3/t34-/m0/s1. The third kappa shape index (κ3) is 7.57. The number of fused-ring (bicyclic) bond motifs is 1. The monoisotopic (exact) mass is 600 g/mol. The molecule has 5 rings (SSSR count). The molecule has 0 aromatic heterocycles. The van der Waals surface area contributed by atoms with Crippen LogP contribution >= 0.6 is 0 Å². The summed E-state index contributed by atoms with van der Waals surface area (Å²) in [6, 6.07) is 36.9. The van der Waals surface area contributed by atoms with Gasteiger partial charge in [0.2, 0.25) is 5.91 Å². The highest BCUT2D eigenvalue weighted by Crippen LogP contribution is 2.27. The van der Waals surface area contributed by atoms with Crippen LogP contribution in [0.3, 0.4) is 0 Å². The van der Waals surface area contributed by atoms with Crippen LogP contribution in [0.25, 0.3) is 10.8 Å². The number of esters is 1. The molecule has 0 spiro atoms. The third-order valence-corrected chi connectivity index (χ3v) is 7.63. The fourth-order valence-corrected chi connectivity index (χ4v) is 5.30. The smallest absolute Gasteiger partial charge is 0.328 e. The summed E-state index contributed by atoms with van der Waals surface area (Å²) in [5, 5.41) is 5.33. The van der Waals surface area contributed by atoms with Gasteiger partial charge in [-0.25, -0.2) is 4.79 Å². The Morgan fingerprint density at radius 3 is 2.22 bits per heavy atom. The fraction of sp³-hybridized carbons (Fsp3) is 0.184. The molecule has 7 heteroatoms. The van der Waals surface area contributed by atoms with Crippen molar-refractivity contribution in [1.29, 1.82) is 0 Å². The minimum atomic E-state index is -0.721. The molecule has 7 nitrogen and oxygen atoms in total. The summed E-state index contributed by atoms with van der Waals surface area (Å²) in [4.78, 5) is 40.7. The van der Waals surface area contributed by atoms with Crippen molar-refractivity contribution in [2.75, 3.05) is 30.5 Å². The van der Waals surface area contributed by atoms with Gasteiger partial charge in [-0.15, -0.1) is 0 Å². The van der Waals surface area contributed by atoms with Gasteiger partial charge in [0.05, 0.1) is 19.3 Å². The minimum absolute atomic E-state index is 0.0266. The topological polar surface area (TPSA) is 84.9 Å². The predicted molar refractivity (Wildman–Crippen MR) is 178 cm³/mol. The van der Waals surface area contributed by atoms with Gasteiger partial charge >= 0.3 is 5.97 Å². The average Bonchev–Trinajstić information content (AvgIpc) is 3.10. The molecule has 5 aromatic carbocycles. The van der Waals surface area contributed by atoms with Gasteiger partial charge in [0, 0.05) is 35.0 Å². The van der Waals surface area contributed by atoms with Gasteiger partial charge in [-0.1, -0.05) is 97.9 Å². The van der Waals surface area contributed by atoms with Crippen molar-refractivity contribution in [2.24, 2.45) is 0 Å². The summed E-state index contributed by atoms with van der Waals surface area (Å²) in [7, 11) is 1.35. The Bertz CT molecular complexity index is 1760. The van der Waals surface area contributed by atoms with Crippen LogP contribution in [0.5, 0.6) is 5.75 Å². The van der Waals surface area contributed by atoms with E-state index in [1.165, 1.54) is 7.11 Å². The summed E-state index contributed by atoms with van der Waals surface area (Å²) in [5.74, 6) is 0.107. The highest BCUT2D eigenvalue weighted by molar-refractivity contribution is 6.12. The average molecular weight is 601 g/mol. The van der Waals surface area contributed by atoms with E-state index in [1.807, 2.05) is 97.9 Å². The first-order chi connectivity index (χ1) is 22.0. The summed E-state index contributed by atoms with van der Waals surface area (Å²) in [5.41, 5.74) is 3.35. The van der Waals surface area contributed by atoms with Crippen molar-refractivity contribution in [2.45, 2.75) is 25.8 Å². The van der Waals surface area contributed by atoms with E-state index in [2.05, 4.69) is 5.32 Å². The van der Waals surface area contributed by atoms with Crippen molar-refractivity contribution in [3.05, 3.63) is 138 Å². The Labute approximate surface area is 263 Å². The van der Waals surface area contributed by atoms with Gasteiger partial charge in [-0.3, -0.25) is 9.59 Å². The van der Waals surface area contributed by atoms with E-state index >= 15 is 0 Å². The Kier molecular flexibility index (Phi) is 10.2. The van der Waals surface area contributed by atoms with Crippen molar-refractivity contribution >= 4 is 39.8 Å². The lowest BCUT2D eigenvalue weighted by Crippen LogP contribution is -2.34. The van der Waals surface area contributed by atoms with Gasteiger partial charge < -0.3 is 19.7 Å². The van der Waals surface area contributed by atoms with Gasteiger partial charge in [0.15, 0.2) is 5.78 Å². The van der Waals surface area contributed by atoms with Crippen LogP contribution in [0.4, 0.5) is 11.4 Å². The van der Waals surface area contributed by atoms with Crippen LogP contribution < -0.4 is 15.0 Å². The third-order valence-electron chi connectivity index (χ3n) is 7.63. The molecule has 1 atom stereocenters. The number of benzene rings is 5. The molecule has 0 aliphatic carbocycles. The summed E-state index contributed by atoms with van der Waals surface area (Å²) < 4.78 is 11.1. The SMILES string of the molecule is CCC(=O)N(CCOc1ccc(C[C@H](Nc2ccccc2C(=O)c2ccccc2)C(=O)OC)cc1)c1cccc2ccccc12. The fourth-order valence-electron chi connectivity index (χ4n) is 5.30. The van der Waals surface area contributed by atoms with Gasteiger partial charge in [-0.2, -0.15) is 0 Å². The van der Waals surface area contributed by atoms with Crippen molar-refractivity contribution in [1.82, 2.24) is 0 Å². The summed E-state index contributed by atoms with van der Waals surface area (Å²) in [6.45, 7) is 2.57. The molecule has 0 fully saturated rings. The number of carbonyl (C=O) groups is 3. The van der Waals surface area contributed by atoms with E-state index in [0.717, 1.165) is 22.0 Å². The van der Waals surface area contributed by atoms with E-state index in [9.17, 15) is 14.4 Å². The van der Waals surface area contributed by atoms with Crippen molar-refractivity contribution in [3.63, 3.8) is 0 Å². The Morgan fingerprint density at radius 1 is 0.778 bits per heavy atom. The molecule has 0 aliphatic heterocycles. The molecular formula is C38H36N2O5. The number of rotatable bonds is 13. The number of methoxy groups -OCH3 is 1. The molecule has 45 heavy (non-hydrogen) atoms. The lowest BCUT2D eigenvalue weighted by atomic mass is 10.00. The molecule has 0 saturated heterocycles. The van der Waals surface area contributed by atoms with Gasteiger partial charge in [0.25, 0.3) is 0 Å². The first kappa shape index (κ1) is 31.0. The first-order valence-electron chi connectivity index (χ1n) is 15.0. The number of hydrogen-bond donors (Lipinski definition) is 1. The number of ether oxygens (including phenoxy) is 2. The zero-order chi connectivity index (χ0) is 31.6. The van der Waals surface area contributed by atoms with Crippen molar-refractivity contribution < 1.29 is 23.9 Å². The second kappa shape index (κ2) is 14.8. The highest BCUT2D eigenvalue weighted by Gasteiger charge is 2.23. The molecule has 0 heterocycles. The number of nitrogens with one attached hydrogen (secondary N) is 1. The van der Waals surface area contributed by atoms with Crippen LogP contribution in [0, 0.1) is 0 Å². The molecule has 228 valence electrons. The lowest BCUT2D eigenvalue weighted by molar-refractivity contribution is -0.141. The molecule has 0 unspecified atom stereocenters. The quantitative estimate of drug-likeness (QED) is 0.115. The van der Waals surface area contributed by atoms with E-state index in [4.69, 9.17) is 9.47 Å². The minimum Gasteiger partial charge on any atom is -0.492 e. The summed E-state index contributed by atoms with van der Waals surface area (Å²) in [6.07, 6.45) is 0.721. The first-order valence-corrected chi connectivity index (χ1v) is 15.0. The Morgan fingerprint density at radius 2 is 1.47 bits per heavy atom. The normalized spacial score (nSPS) is 11.4. The molecule has 0 saturated carbocycles. The molecule has 0 aliphatic rings. The maximum absolute atomic E-state index is 13.2. The molecule has 1 N–H and O–H groups in total. The van der Waals surface area contributed by atoms with E-state index in [-0.39, 0.29) is 11.7 Å². The van der Waals surface area contributed by atoms with Crippen LogP contribution in [0.2, 0.25) is 0 Å². The number of nitrogens with zero attached hydrogens (tertiary/aromatic N) is 1. The van der Waals surface area contributed by atoms with E-state index in [1.54, 1.807) is 35.2 Å². The lowest BCUT2D eigenvalue weighted by Gasteiger charge is -2.24. The number of para-hydroxylation sites is 1. The van der Waals surface area contributed by atoms with E-state index < -0.39 is 12.0 Å². The second-order valence-electron chi connectivity index (χ2n) is 10.6. The number of ketones is 1. The van der Waals surface area contributed by atoms with Crippen LogP contribution in [0.15, 0.2) is 121 Å². The molecular weight excluding hydrogens is 564 g/mol. The Hall–Kier alpha value is -5.43. The zero-order valence-corrected chi connectivity index (χ0v) is 25.4. The number of amides is 1. The van der Waals surface area contributed by atoms with Crippen molar-refractivity contribution in [3.8, 4) is 5.75 Å². The number of carbonyl (C=O) groups excluding carboxylic acids is 3. The number of anilines is 2. The molecule has 5 aromatic rings. The highest BCUT2D eigenvalue weighted by atomic mass is 16.5. The Balaban J connectivity index is 1.25. The molecule has 1 amide bonds. The zero-order valence-electron chi connectivity index (χ0n) is 25.4. The van der Waals surface area contributed by atoms with Gasteiger partial charge in [-0.05, 0) is 41.3 Å². The maximum atomic E-state index is 13.2. The van der Waals surface area contributed by atoms with Crippen LogP contribution in [0.1, 0.15) is 34.8 Å². The molecule has 0 bridgehead atoms. The largest absolute Gasteiger partial charge is 0.492 e. The van der Waals surface area contributed by atoms with Gasteiger partial charge in [0.1, 0.15) is 18.4 Å². The van der Waals surface area contributed by atoms with Crippen LogP contribution in [-0.2, 0) is 20.7 Å².